The maximum Gasteiger partial charge on any atom is 0.409 e. The van der Waals surface area contributed by atoms with Gasteiger partial charge in [0, 0.05) is 57.4 Å². The number of hydrogen-bond donors (Lipinski definition) is 0. The van der Waals surface area contributed by atoms with Crippen LogP contribution in [-0.4, -0.2) is 85.0 Å². The minimum absolute atomic E-state index is 0.00583. The topological polar surface area (TPSA) is 109 Å². The summed E-state index contributed by atoms with van der Waals surface area (Å²) in [6.07, 6.45) is 2.11. The number of piperazine rings is 1. The smallest absolute Gasteiger partial charge is 0.409 e. The number of pyridine rings is 1. The van der Waals surface area contributed by atoms with Crippen LogP contribution in [0, 0.1) is 11.8 Å². The van der Waals surface area contributed by atoms with Crippen LogP contribution < -0.4 is 5.43 Å². The number of carbonyl (C=O) groups excluding carboxylic acids is 2. The highest BCUT2D eigenvalue weighted by Crippen LogP contribution is 2.28. The Morgan fingerprint density at radius 3 is 2.22 bits per heavy atom. The highest BCUT2D eigenvalue weighted by atomic mass is 32.2. The lowest BCUT2D eigenvalue weighted by molar-refractivity contribution is 0.0569. The van der Waals surface area contributed by atoms with E-state index in [1.807, 2.05) is 20.8 Å². The third-order valence-corrected chi connectivity index (χ3v) is 9.02. The normalized spacial score (nSPS) is 21.3. The van der Waals surface area contributed by atoms with Crippen molar-refractivity contribution in [1.29, 1.82) is 0 Å². The summed E-state index contributed by atoms with van der Waals surface area (Å²) in [5, 5.41) is 0.206. The molecule has 2 aliphatic heterocycles. The SMILES string of the molecule is CCOC(=O)N1CCN(C(=O)c2cn(CC)c3ccc(S(=O)(=O)N4C[C@H](C)C[C@H](C)C4)cc3c2=O)CC1. The standard InChI is InChI=1S/C26H36N4O6S/c1-5-27-17-22(25(32)28-9-11-29(12-10-28)26(33)36-6-2)24(31)21-14-20(7-8-23(21)27)37(34,35)30-15-18(3)13-19(4)16-30/h7-8,14,17-19H,5-6,9-13,15-16H2,1-4H3/t18-,19+. The summed E-state index contributed by atoms with van der Waals surface area (Å²) in [6.45, 7) is 10.6. The number of piperidine rings is 1. The van der Waals surface area contributed by atoms with Crippen LogP contribution in [0.3, 0.4) is 0 Å². The molecule has 10 nitrogen and oxygen atoms in total. The molecule has 2 atom stereocenters. The number of amides is 2. The Morgan fingerprint density at radius 2 is 1.62 bits per heavy atom. The van der Waals surface area contributed by atoms with Crippen molar-refractivity contribution >= 4 is 32.9 Å². The van der Waals surface area contributed by atoms with Crippen molar-refractivity contribution in [2.24, 2.45) is 11.8 Å². The van der Waals surface area contributed by atoms with Crippen molar-refractivity contribution in [3.05, 3.63) is 40.2 Å². The summed E-state index contributed by atoms with van der Waals surface area (Å²) in [7, 11) is -3.79. The average molecular weight is 533 g/mol. The largest absolute Gasteiger partial charge is 0.450 e. The molecule has 2 amide bonds. The van der Waals surface area contributed by atoms with Crippen LogP contribution in [0.4, 0.5) is 4.79 Å². The minimum Gasteiger partial charge on any atom is -0.450 e. The second kappa shape index (κ2) is 10.8. The molecule has 0 saturated carbocycles. The quantitative estimate of drug-likeness (QED) is 0.586. The second-order valence-corrected chi connectivity index (χ2v) is 12.0. The Bertz CT molecular complexity index is 1340. The van der Waals surface area contributed by atoms with Gasteiger partial charge in [-0.05, 0) is 50.3 Å². The lowest BCUT2D eigenvalue weighted by atomic mass is 9.94. The van der Waals surface area contributed by atoms with Gasteiger partial charge in [0.15, 0.2) is 0 Å². The molecule has 0 unspecified atom stereocenters. The van der Waals surface area contributed by atoms with Gasteiger partial charge in [0.05, 0.1) is 17.0 Å². The molecule has 1 aromatic carbocycles. The van der Waals surface area contributed by atoms with E-state index in [0.717, 1.165) is 6.42 Å². The molecule has 0 N–H and O–H groups in total. The van der Waals surface area contributed by atoms with E-state index in [1.54, 1.807) is 34.7 Å². The number of fused-ring (bicyclic) bond motifs is 1. The van der Waals surface area contributed by atoms with Gasteiger partial charge >= 0.3 is 6.09 Å². The Morgan fingerprint density at radius 1 is 1.00 bits per heavy atom. The molecule has 0 spiro atoms. The first-order valence-electron chi connectivity index (χ1n) is 12.9. The molecule has 4 rings (SSSR count). The molecule has 37 heavy (non-hydrogen) atoms. The van der Waals surface area contributed by atoms with Crippen LogP contribution >= 0.6 is 0 Å². The van der Waals surface area contributed by atoms with Gasteiger partial charge in [-0.15, -0.1) is 0 Å². The lowest BCUT2D eigenvalue weighted by Gasteiger charge is -2.34. The van der Waals surface area contributed by atoms with Gasteiger partial charge in [0.1, 0.15) is 5.56 Å². The fraction of sp³-hybridized carbons (Fsp3) is 0.577. The number of ether oxygens (including phenoxy) is 1. The van der Waals surface area contributed by atoms with Crippen molar-refractivity contribution in [2.75, 3.05) is 45.9 Å². The fourth-order valence-electron chi connectivity index (χ4n) is 5.38. The number of benzene rings is 1. The first-order valence-corrected chi connectivity index (χ1v) is 14.4. The number of nitrogens with zero attached hydrogens (tertiary/aromatic N) is 4. The molecule has 0 aliphatic carbocycles. The summed E-state index contributed by atoms with van der Waals surface area (Å²) >= 11 is 0. The zero-order valence-corrected chi connectivity index (χ0v) is 22.8. The molecule has 2 aliphatic rings. The predicted molar refractivity (Wildman–Crippen MR) is 140 cm³/mol. The van der Waals surface area contributed by atoms with Crippen LogP contribution in [0.1, 0.15) is 44.5 Å². The van der Waals surface area contributed by atoms with E-state index in [9.17, 15) is 22.8 Å². The first kappa shape index (κ1) is 27.1. The Hall–Kier alpha value is -2.92. The molecular formula is C26H36N4O6S. The molecule has 11 heteroatoms. The average Bonchev–Trinajstić information content (AvgIpc) is 2.88. The van der Waals surface area contributed by atoms with E-state index in [1.165, 1.54) is 15.3 Å². The number of aromatic nitrogens is 1. The van der Waals surface area contributed by atoms with Gasteiger partial charge < -0.3 is 19.1 Å². The van der Waals surface area contributed by atoms with Crippen molar-refractivity contribution in [1.82, 2.24) is 18.7 Å². The van der Waals surface area contributed by atoms with Gasteiger partial charge in [-0.2, -0.15) is 4.31 Å². The van der Waals surface area contributed by atoms with Crippen molar-refractivity contribution in [2.45, 2.75) is 45.6 Å². The van der Waals surface area contributed by atoms with Gasteiger partial charge in [0.25, 0.3) is 5.91 Å². The third-order valence-electron chi connectivity index (χ3n) is 7.19. The molecule has 2 aromatic rings. The van der Waals surface area contributed by atoms with E-state index in [0.29, 0.717) is 38.2 Å². The van der Waals surface area contributed by atoms with Crippen molar-refractivity contribution in [3.63, 3.8) is 0 Å². The predicted octanol–water partition coefficient (Wildman–Crippen LogP) is 2.60. The molecule has 0 radical (unpaired) electrons. The van der Waals surface area contributed by atoms with Gasteiger partial charge in [-0.3, -0.25) is 9.59 Å². The maximum atomic E-state index is 13.5. The number of rotatable bonds is 5. The van der Waals surface area contributed by atoms with Crippen LogP contribution in [0.15, 0.2) is 34.1 Å². The Kier molecular flexibility index (Phi) is 7.94. The second-order valence-electron chi connectivity index (χ2n) is 10.1. The van der Waals surface area contributed by atoms with Crippen LogP contribution in [0.5, 0.6) is 0 Å². The first-order chi connectivity index (χ1) is 17.6. The highest BCUT2D eigenvalue weighted by molar-refractivity contribution is 7.89. The third kappa shape index (κ3) is 5.38. The summed E-state index contributed by atoms with van der Waals surface area (Å²) < 4.78 is 35.3. The maximum absolute atomic E-state index is 13.5. The van der Waals surface area contributed by atoms with E-state index in [4.69, 9.17) is 4.74 Å². The molecule has 1 aromatic heterocycles. The van der Waals surface area contributed by atoms with E-state index in [2.05, 4.69) is 0 Å². The number of sulfonamides is 1. The van der Waals surface area contributed by atoms with Crippen LogP contribution in [0.2, 0.25) is 0 Å². The van der Waals surface area contributed by atoms with Crippen molar-refractivity contribution in [3.8, 4) is 0 Å². The molecule has 2 saturated heterocycles. The van der Waals surface area contributed by atoms with E-state index >= 15 is 0 Å². The summed E-state index contributed by atoms with van der Waals surface area (Å²) in [5.74, 6) is 0.0826. The molecule has 3 heterocycles. The zero-order chi connectivity index (χ0) is 26.9. The zero-order valence-electron chi connectivity index (χ0n) is 22.0. The van der Waals surface area contributed by atoms with Crippen LogP contribution in [0.25, 0.3) is 10.9 Å². The van der Waals surface area contributed by atoms with E-state index in [-0.39, 0.29) is 47.4 Å². The minimum atomic E-state index is -3.79. The fourth-order valence-corrected chi connectivity index (χ4v) is 7.09. The highest BCUT2D eigenvalue weighted by Gasteiger charge is 2.32. The summed E-state index contributed by atoms with van der Waals surface area (Å²) in [4.78, 5) is 42.1. The number of aryl methyl sites for hydroxylation is 1. The molecule has 202 valence electrons. The van der Waals surface area contributed by atoms with Crippen LogP contribution in [-0.2, 0) is 21.3 Å². The Balaban J connectivity index is 1.67. The molecule has 0 bridgehead atoms. The Labute approximate surface area is 217 Å². The molecule has 2 fully saturated rings. The van der Waals surface area contributed by atoms with Gasteiger partial charge in [0.2, 0.25) is 15.5 Å². The lowest BCUT2D eigenvalue weighted by Crippen LogP contribution is -2.51. The van der Waals surface area contributed by atoms with Gasteiger partial charge in [-0.1, -0.05) is 13.8 Å². The number of hydrogen-bond acceptors (Lipinski definition) is 6. The molecular weight excluding hydrogens is 496 g/mol. The van der Waals surface area contributed by atoms with E-state index < -0.39 is 27.5 Å². The summed E-state index contributed by atoms with van der Waals surface area (Å²) in [5.41, 5.74) is 0.0826. The van der Waals surface area contributed by atoms with Crippen molar-refractivity contribution < 1.29 is 22.7 Å². The van der Waals surface area contributed by atoms with Gasteiger partial charge in [-0.25, -0.2) is 13.2 Å². The monoisotopic (exact) mass is 532 g/mol. The number of carbonyl (C=O) groups is 2. The summed E-state index contributed by atoms with van der Waals surface area (Å²) in [6, 6.07) is 4.61.